The highest BCUT2D eigenvalue weighted by atomic mass is 19.1. The molecule has 0 radical (unpaired) electrons. The van der Waals surface area contributed by atoms with Gasteiger partial charge in [-0.1, -0.05) is 12.8 Å². The van der Waals surface area contributed by atoms with Gasteiger partial charge >= 0.3 is 12.1 Å². The first-order valence-corrected chi connectivity index (χ1v) is 6.96. The average Bonchev–Trinajstić information content (AvgIpc) is 2.35. The van der Waals surface area contributed by atoms with Gasteiger partial charge in [0, 0.05) is 12.0 Å². The van der Waals surface area contributed by atoms with E-state index < -0.39 is 35.8 Å². The molecule has 0 saturated heterocycles. The van der Waals surface area contributed by atoms with Crippen LogP contribution in [0.25, 0.3) is 0 Å². The third-order valence-corrected chi connectivity index (χ3v) is 3.32. The van der Waals surface area contributed by atoms with Crippen LogP contribution in [-0.2, 0) is 14.3 Å². The van der Waals surface area contributed by atoms with E-state index in [1.165, 1.54) is 0 Å². The van der Waals surface area contributed by atoms with E-state index in [9.17, 15) is 14.0 Å². The molecule has 1 aliphatic rings. The van der Waals surface area contributed by atoms with Crippen LogP contribution in [0.15, 0.2) is 0 Å². The summed E-state index contributed by atoms with van der Waals surface area (Å²) in [5.41, 5.74) is -0.605. The first-order valence-electron chi connectivity index (χ1n) is 6.96. The number of ether oxygens (including phenoxy) is 2. The molecule has 0 heterocycles. The lowest BCUT2D eigenvalue weighted by molar-refractivity contribution is -0.149. The van der Waals surface area contributed by atoms with Crippen LogP contribution >= 0.6 is 0 Å². The summed E-state index contributed by atoms with van der Waals surface area (Å²) in [6.45, 7) is 5.28. The summed E-state index contributed by atoms with van der Waals surface area (Å²) >= 11 is 0. The number of alkyl carbamates (subject to hydrolysis) is 1. The van der Waals surface area contributed by atoms with Crippen LogP contribution < -0.4 is 5.32 Å². The highest BCUT2D eigenvalue weighted by Gasteiger charge is 2.38. The summed E-state index contributed by atoms with van der Waals surface area (Å²) < 4.78 is 23.7. The molecule has 1 fully saturated rings. The minimum atomic E-state index is -1.71. The number of esters is 1. The second kappa shape index (κ2) is 6.90. The Balaban J connectivity index is 2.65. The highest BCUT2D eigenvalue weighted by Crippen LogP contribution is 2.29. The van der Waals surface area contributed by atoms with Gasteiger partial charge in [0.25, 0.3) is 0 Å². The zero-order chi connectivity index (χ0) is 15.3. The number of rotatable bonds is 3. The lowest BCUT2D eigenvalue weighted by atomic mass is 9.81. The second-order valence-corrected chi connectivity index (χ2v) is 6.13. The Hall–Kier alpha value is -1.33. The maximum absolute atomic E-state index is 14.1. The van der Waals surface area contributed by atoms with Crippen LogP contribution in [0.4, 0.5) is 9.18 Å². The van der Waals surface area contributed by atoms with E-state index in [4.69, 9.17) is 4.74 Å². The van der Waals surface area contributed by atoms with Crippen molar-refractivity contribution in [3.63, 3.8) is 0 Å². The first-order chi connectivity index (χ1) is 9.24. The van der Waals surface area contributed by atoms with Gasteiger partial charge < -0.3 is 14.8 Å². The van der Waals surface area contributed by atoms with Crippen molar-refractivity contribution in [2.75, 3.05) is 7.11 Å². The summed E-state index contributed by atoms with van der Waals surface area (Å²) in [6, 6.07) is -0.396. The molecule has 116 valence electrons. The molecule has 0 aliphatic heterocycles. The van der Waals surface area contributed by atoms with Crippen LogP contribution in [0.3, 0.4) is 0 Å². The number of nitrogens with one attached hydrogen (secondary N) is 1. The molecule has 6 heteroatoms. The van der Waals surface area contributed by atoms with Gasteiger partial charge in [0.1, 0.15) is 5.60 Å². The summed E-state index contributed by atoms with van der Waals surface area (Å²) in [7, 11) is 1.16. The molecule has 20 heavy (non-hydrogen) atoms. The van der Waals surface area contributed by atoms with Gasteiger partial charge in [-0.05, 0) is 33.6 Å². The van der Waals surface area contributed by atoms with Crippen LogP contribution in [-0.4, -0.2) is 37.0 Å². The molecule has 1 N–H and O–H groups in total. The Morgan fingerprint density at radius 2 is 1.85 bits per heavy atom. The molecule has 1 rings (SSSR count). The number of alkyl halides is 1. The van der Waals surface area contributed by atoms with Gasteiger partial charge in [-0.25, -0.2) is 14.0 Å². The molecule has 0 spiro atoms. The van der Waals surface area contributed by atoms with Gasteiger partial charge in [-0.2, -0.15) is 0 Å². The fraction of sp³-hybridized carbons (Fsp3) is 0.857. The zero-order valence-corrected chi connectivity index (χ0v) is 12.6. The standard InChI is InChI=1S/C14H24FNO4/c1-14(2,3)20-13(18)16-10-8-6-5-7-9(10)11(15)12(17)19-4/h9-11H,5-8H2,1-4H3,(H,16,18)/t9-,10-,11?/m1/s1. The van der Waals surface area contributed by atoms with Crippen molar-refractivity contribution >= 4 is 12.1 Å². The molecule has 0 aromatic heterocycles. The summed E-state index contributed by atoms with van der Waals surface area (Å²) in [4.78, 5) is 23.1. The van der Waals surface area contributed by atoms with E-state index in [1.54, 1.807) is 20.8 Å². The number of methoxy groups -OCH3 is 1. The zero-order valence-electron chi connectivity index (χ0n) is 12.6. The van der Waals surface area contributed by atoms with E-state index in [0.29, 0.717) is 12.8 Å². The van der Waals surface area contributed by atoms with Crippen LogP contribution in [0.5, 0.6) is 0 Å². The fourth-order valence-electron chi connectivity index (χ4n) is 2.44. The lowest BCUT2D eigenvalue weighted by Gasteiger charge is -2.33. The molecule has 1 saturated carbocycles. The Bertz CT molecular complexity index is 354. The van der Waals surface area contributed by atoms with Crippen molar-refractivity contribution in [1.82, 2.24) is 5.32 Å². The Morgan fingerprint density at radius 3 is 2.40 bits per heavy atom. The minimum Gasteiger partial charge on any atom is -0.467 e. The molecule has 5 nitrogen and oxygen atoms in total. The van der Waals surface area contributed by atoms with Gasteiger partial charge in [0.2, 0.25) is 6.17 Å². The first kappa shape index (κ1) is 16.7. The quantitative estimate of drug-likeness (QED) is 0.811. The number of carbonyl (C=O) groups excluding carboxylic acids is 2. The van der Waals surface area contributed by atoms with Gasteiger partial charge in [0.15, 0.2) is 0 Å². The predicted octanol–water partition coefficient (Wildman–Crippen LogP) is 2.58. The number of carbonyl (C=O) groups is 2. The number of halogens is 1. The van der Waals surface area contributed by atoms with Crippen molar-refractivity contribution in [1.29, 1.82) is 0 Å². The third-order valence-electron chi connectivity index (χ3n) is 3.32. The van der Waals surface area contributed by atoms with E-state index in [1.807, 2.05) is 0 Å². The number of hydrogen-bond donors (Lipinski definition) is 1. The Morgan fingerprint density at radius 1 is 1.25 bits per heavy atom. The largest absolute Gasteiger partial charge is 0.467 e. The van der Waals surface area contributed by atoms with E-state index in [0.717, 1.165) is 20.0 Å². The topological polar surface area (TPSA) is 64.6 Å². The van der Waals surface area contributed by atoms with Crippen LogP contribution in [0.1, 0.15) is 46.5 Å². The molecule has 1 unspecified atom stereocenters. The molecule has 1 amide bonds. The van der Waals surface area contributed by atoms with Crippen molar-refractivity contribution in [2.24, 2.45) is 5.92 Å². The summed E-state index contributed by atoms with van der Waals surface area (Å²) in [6.07, 6.45) is 0.643. The molecule has 0 bridgehead atoms. The van der Waals surface area contributed by atoms with E-state index >= 15 is 0 Å². The Kier molecular flexibility index (Phi) is 5.77. The molecule has 3 atom stereocenters. The fourth-order valence-corrected chi connectivity index (χ4v) is 2.44. The van der Waals surface area contributed by atoms with Crippen LogP contribution in [0.2, 0.25) is 0 Å². The maximum Gasteiger partial charge on any atom is 0.407 e. The van der Waals surface area contributed by atoms with Crippen molar-refractivity contribution < 1.29 is 23.5 Å². The minimum absolute atomic E-state index is 0.396. The summed E-state index contributed by atoms with van der Waals surface area (Å²) in [5, 5.41) is 2.68. The third kappa shape index (κ3) is 4.98. The maximum atomic E-state index is 14.1. The molecular weight excluding hydrogens is 265 g/mol. The van der Waals surface area contributed by atoms with Crippen molar-refractivity contribution in [2.45, 2.75) is 64.3 Å². The molecule has 0 aromatic carbocycles. The summed E-state index contributed by atoms with van der Waals surface area (Å²) in [5.74, 6) is -1.43. The number of hydrogen-bond acceptors (Lipinski definition) is 4. The molecule has 0 aromatic rings. The monoisotopic (exact) mass is 289 g/mol. The molecule has 1 aliphatic carbocycles. The Labute approximate surface area is 119 Å². The van der Waals surface area contributed by atoms with Crippen molar-refractivity contribution in [3.8, 4) is 0 Å². The normalized spacial score (nSPS) is 24.6. The van der Waals surface area contributed by atoms with Gasteiger partial charge in [-0.3, -0.25) is 0 Å². The molecular formula is C14H24FNO4. The smallest absolute Gasteiger partial charge is 0.407 e. The van der Waals surface area contributed by atoms with E-state index in [2.05, 4.69) is 10.1 Å². The van der Waals surface area contributed by atoms with Gasteiger partial charge in [-0.15, -0.1) is 0 Å². The van der Waals surface area contributed by atoms with Crippen molar-refractivity contribution in [3.05, 3.63) is 0 Å². The SMILES string of the molecule is COC(=O)C(F)[C@@H]1CCCC[C@H]1NC(=O)OC(C)(C)C. The van der Waals surface area contributed by atoms with E-state index in [-0.39, 0.29) is 0 Å². The lowest BCUT2D eigenvalue weighted by Crippen LogP contribution is -2.48. The second-order valence-electron chi connectivity index (χ2n) is 6.13. The number of amides is 1. The predicted molar refractivity (Wildman–Crippen MR) is 72.0 cm³/mol. The highest BCUT2D eigenvalue weighted by molar-refractivity contribution is 5.75. The van der Waals surface area contributed by atoms with Crippen LogP contribution in [0, 0.1) is 5.92 Å². The van der Waals surface area contributed by atoms with Gasteiger partial charge in [0.05, 0.1) is 7.11 Å². The average molecular weight is 289 g/mol.